The first-order valence-electron chi connectivity index (χ1n) is 9.22. The molecule has 27 heavy (non-hydrogen) atoms. The van der Waals surface area contributed by atoms with Crippen molar-refractivity contribution in [2.75, 3.05) is 0 Å². The average molecular weight is 362 g/mol. The summed E-state index contributed by atoms with van der Waals surface area (Å²) in [6, 6.07) is 15.8. The lowest BCUT2D eigenvalue weighted by molar-refractivity contribution is -0.115. The molecule has 1 amide bonds. The lowest BCUT2D eigenvalue weighted by atomic mass is 9.86. The third kappa shape index (κ3) is 4.64. The predicted molar refractivity (Wildman–Crippen MR) is 110 cm³/mol. The molecule has 0 aromatic heterocycles. The molecule has 0 atom stereocenters. The molecule has 0 spiro atoms. The second-order valence-corrected chi connectivity index (χ2v) is 8.01. The van der Waals surface area contributed by atoms with E-state index in [9.17, 15) is 4.79 Å². The lowest BCUT2D eigenvalue weighted by Crippen LogP contribution is -2.24. The van der Waals surface area contributed by atoms with Crippen LogP contribution in [0.15, 0.2) is 59.2 Å². The molecule has 140 valence electrons. The number of amides is 1. The Labute approximate surface area is 161 Å². The minimum Gasteiger partial charge on any atom is -0.491 e. The number of carbonyl (C=O) groups is 1. The molecular formula is C23H26N2O2. The van der Waals surface area contributed by atoms with E-state index in [0.29, 0.717) is 11.5 Å². The second kappa shape index (κ2) is 7.39. The maximum atomic E-state index is 12.3. The Morgan fingerprint density at radius 1 is 1.00 bits per heavy atom. The van der Waals surface area contributed by atoms with Crippen LogP contribution >= 0.6 is 0 Å². The Morgan fingerprint density at radius 3 is 2.19 bits per heavy atom. The Hall–Kier alpha value is -2.88. The van der Waals surface area contributed by atoms with Crippen LogP contribution in [0.4, 0.5) is 0 Å². The molecular weight excluding hydrogens is 336 g/mol. The topological polar surface area (TPSA) is 50.7 Å². The molecule has 2 aromatic carbocycles. The van der Waals surface area contributed by atoms with E-state index in [2.05, 4.69) is 43.2 Å². The van der Waals surface area contributed by atoms with Gasteiger partial charge in [-0.05, 0) is 48.6 Å². The summed E-state index contributed by atoms with van der Waals surface area (Å²) in [5.74, 6) is 1.21. The van der Waals surface area contributed by atoms with Crippen LogP contribution < -0.4 is 10.1 Å². The zero-order valence-electron chi connectivity index (χ0n) is 16.5. The van der Waals surface area contributed by atoms with E-state index in [4.69, 9.17) is 4.74 Å². The molecule has 3 rings (SSSR count). The minimum atomic E-state index is -0.188. The van der Waals surface area contributed by atoms with Gasteiger partial charge in [0.2, 0.25) is 0 Å². The summed E-state index contributed by atoms with van der Waals surface area (Å²) in [4.78, 5) is 16.8. The number of hydrogen-bond acceptors (Lipinski definition) is 3. The van der Waals surface area contributed by atoms with Crippen molar-refractivity contribution in [1.82, 2.24) is 5.32 Å². The van der Waals surface area contributed by atoms with Crippen molar-refractivity contribution >= 4 is 17.8 Å². The molecule has 1 aliphatic rings. The summed E-state index contributed by atoms with van der Waals surface area (Å²) in [5.41, 5.74) is 3.55. The Bertz CT molecular complexity index is 883. The van der Waals surface area contributed by atoms with E-state index in [1.54, 1.807) is 6.08 Å². The third-order valence-corrected chi connectivity index (χ3v) is 4.28. The first-order valence-corrected chi connectivity index (χ1v) is 9.22. The summed E-state index contributed by atoms with van der Waals surface area (Å²) in [6.07, 6.45) is 1.91. The van der Waals surface area contributed by atoms with Crippen molar-refractivity contribution in [3.63, 3.8) is 0 Å². The van der Waals surface area contributed by atoms with Crippen LogP contribution in [-0.4, -0.2) is 17.8 Å². The predicted octanol–water partition coefficient (Wildman–Crippen LogP) is 4.69. The molecule has 0 fully saturated rings. The number of ether oxygens (including phenoxy) is 1. The van der Waals surface area contributed by atoms with E-state index in [1.165, 1.54) is 5.56 Å². The van der Waals surface area contributed by atoms with Gasteiger partial charge in [0.25, 0.3) is 5.91 Å². The van der Waals surface area contributed by atoms with Crippen LogP contribution in [0, 0.1) is 0 Å². The number of hydrogen-bond donors (Lipinski definition) is 1. The van der Waals surface area contributed by atoms with E-state index in [-0.39, 0.29) is 17.4 Å². The monoisotopic (exact) mass is 362 g/mol. The molecule has 0 unspecified atom stereocenters. The summed E-state index contributed by atoms with van der Waals surface area (Å²) < 4.78 is 5.64. The van der Waals surface area contributed by atoms with Gasteiger partial charge in [0.15, 0.2) is 0 Å². The smallest absolute Gasteiger partial charge is 0.275 e. The number of benzene rings is 2. The van der Waals surface area contributed by atoms with E-state index >= 15 is 0 Å². The molecule has 1 N–H and O–H groups in total. The third-order valence-electron chi connectivity index (χ3n) is 4.28. The number of nitrogens with zero attached hydrogens (tertiary/aromatic N) is 1. The van der Waals surface area contributed by atoms with Gasteiger partial charge in [0, 0.05) is 5.56 Å². The van der Waals surface area contributed by atoms with Crippen LogP contribution in [0.5, 0.6) is 5.75 Å². The van der Waals surface area contributed by atoms with Gasteiger partial charge in [-0.2, -0.15) is 0 Å². The maximum absolute atomic E-state index is 12.3. The highest BCUT2D eigenvalue weighted by atomic mass is 16.5. The summed E-state index contributed by atoms with van der Waals surface area (Å²) >= 11 is 0. The van der Waals surface area contributed by atoms with Gasteiger partial charge in [0.1, 0.15) is 17.3 Å². The normalized spacial score (nSPS) is 15.9. The quantitative estimate of drug-likeness (QED) is 0.802. The minimum absolute atomic E-state index is 0.0930. The SMILES string of the molecule is CC(C)Oc1ccc(/C=C2/N=C(c3ccc(C(C)(C)C)cc3)NC2=O)cc1. The average Bonchev–Trinajstić information content (AvgIpc) is 2.96. The molecule has 1 aliphatic heterocycles. The van der Waals surface area contributed by atoms with Crippen molar-refractivity contribution < 1.29 is 9.53 Å². The zero-order chi connectivity index (χ0) is 19.6. The highest BCUT2D eigenvalue weighted by molar-refractivity contribution is 6.19. The van der Waals surface area contributed by atoms with E-state index < -0.39 is 0 Å². The van der Waals surface area contributed by atoms with Crippen LogP contribution in [0.2, 0.25) is 0 Å². The number of aliphatic imine (C=N–C) groups is 1. The van der Waals surface area contributed by atoms with Crippen LogP contribution in [0.25, 0.3) is 6.08 Å². The molecule has 0 bridgehead atoms. The van der Waals surface area contributed by atoms with Gasteiger partial charge < -0.3 is 10.1 Å². The highest BCUT2D eigenvalue weighted by Crippen LogP contribution is 2.23. The zero-order valence-corrected chi connectivity index (χ0v) is 16.5. The fourth-order valence-electron chi connectivity index (χ4n) is 2.81. The fraction of sp³-hybridized carbons (Fsp3) is 0.304. The molecule has 4 heteroatoms. The highest BCUT2D eigenvalue weighted by Gasteiger charge is 2.21. The Balaban J connectivity index is 1.80. The molecule has 4 nitrogen and oxygen atoms in total. The molecule has 0 radical (unpaired) electrons. The standard InChI is InChI=1S/C23H26N2O2/c1-15(2)27-19-12-6-16(7-13-19)14-20-22(26)25-21(24-20)17-8-10-18(11-9-17)23(3,4)5/h6-15H,1-5H3,(H,24,25,26)/b20-14+. The molecule has 0 saturated heterocycles. The maximum Gasteiger partial charge on any atom is 0.275 e. The van der Waals surface area contributed by atoms with Crippen molar-refractivity contribution in [3.05, 3.63) is 70.9 Å². The lowest BCUT2D eigenvalue weighted by Gasteiger charge is -2.19. The Kier molecular flexibility index (Phi) is 5.17. The van der Waals surface area contributed by atoms with Crippen molar-refractivity contribution in [2.24, 2.45) is 4.99 Å². The summed E-state index contributed by atoms with van der Waals surface area (Å²) in [5, 5.41) is 2.85. The first kappa shape index (κ1) is 18.9. The van der Waals surface area contributed by atoms with Crippen molar-refractivity contribution in [3.8, 4) is 5.75 Å². The largest absolute Gasteiger partial charge is 0.491 e. The second-order valence-electron chi connectivity index (χ2n) is 8.01. The molecule has 2 aromatic rings. The van der Waals surface area contributed by atoms with Gasteiger partial charge in [0.05, 0.1) is 6.10 Å². The van der Waals surface area contributed by atoms with Gasteiger partial charge in [-0.15, -0.1) is 0 Å². The molecule has 0 saturated carbocycles. The van der Waals surface area contributed by atoms with Crippen molar-refractivity contribution in [1.29, 1.82) is 0 Å². The summed E-state index contributed by atoms with van der Waals surface area (Å²) in [6.45, 7) is 10.5. The van der Waals surface area contributed by atoms with Crippen LogP contribution in [-0.2, 0) is 10.2 Å². The van der Waals surface area contributed by atoms with Gasteiger partial charge in [-0.3, -0.25) is 4.79 Å². The number of carbonyl (C=O) groups excluding carboxylic acids is 1. The molecule has 1 heterocycles. The fourth-order valence-corrected chi connectivity index (χ4v) is 2.81. The van der Waals surface area contributed by atoms with E-state index in [1.807, 2.05) is 50.2 Å². The van der Waals surface area contributed by atoms with E-state index in [0.717, 1.165) is 16.9 Å². The Morgan fingerprint density at radius 2 is 1.63 bits per heavy atom. The van der Waals surface area contributed by atoms with Gasteiger partial charge >= 0.3 is 0 Å². The molecule has 0 aliphatic carbocycles. The number of nitrogens with one attached hydrogen (secondary N) is 1. The van der Waals surface area contributed by atoms with Crippen molar-refractivity contribution in [2.45, 2.75) is 46.1 Å². The van der Waals surface area contributed by atoms with Crippen LogP contribution in [0.1, 0.15) is 51.3 Å². The summed E-state index contributed by atoms with van der Waals surface area (Å²) in [7, 11) is 0. The van der Waals surface area contributed by atoms with Gasteiger partial charge in [-0.25, -0.2) is 4.99 Å². The van der Waals surface area contributed by atoms with Crippen LogP contribution in [0.3, 0.4) is 0 Å². The number of rotatable bonds is 4. The van der Waals surface area contributed by atoms with Gasteiger partial charge in [-0.1, -0.05) is 57.2 Å². The first-order chi connectivity index (χ1) is 12.7. The number of amidine groups is 1.